The Morgan fingerprint density at radius 3 is 2.68 bits per heavy atom. The molecule has 1 amide bonds. The predicted octanol–water partition coefficient (Wildman–Crippen LogP) is 4.71. The van der Waals surface area contributed by atoms with Crippen molar-refractivity contribution in [2.24, 2.45) is 5.92 Å². The Labute approximate surface area is 214 Å². The van der Waals surface area contributed by atoms with Crippen LogP contribution >= 0.6 is 34.3 Å². The average molecular weight is 541 g/mol. The van der Waals surface area contributed by atoms with Gasteiger partial charge in [-0.25, -0.2) is 13.4 Å². The zero-order chi connectivity index (χ0) is 24.5. The van der Waals surface area contributed by atoms with Crippen LogP contribution in [0.15, 0.2) is 34.5 Å². The lowest BCUT2D eigenvalue weighted by atomic mass is 9.98. The van der Waals surface area contributed by atoms with E-state index < -0.39 is 15.9 Å². The first kappa shape index (κ1) is 25.5. The Morgan fingerprint density at radius 2 is 2.00 bits per heavy atom. The molecule has 1 aromatic carbocycles. The molecule has 0 bridgehead atoms. The fourth-order valence-corrected chi connectivity index (χ4v) is 8.42. The van der Waals surface area contributed by atoms with Crippen LogP contribution in [0.4, 0.5) is 5.13 Å². The summed E-state index contributed by atoms with van der Waals surface area (Å²) in [6, 6.07) is 9.16. The minimum atomic E-state index is -3.68. The topological polar surface area (TPSA) is 73.8 Å². The van der Waals surface area contributed by atoms with E-state index in [1.54, 1.807) is 11.0 Å². The van der Waals surface area contributed by atoms with E-state index in [-0.39, 0.29) is 16.7 Å². The van der Waals surface area contributed by atoms with E-state index in [0.717, 1.165) is 40.1 Å². The van der Waals surface area contributed by atoms with E-state index in [1.165, 1.54) is 21.7 Å². The molecule has 0 spiro atoms. The molecule has 3 aromatic rings. The number of anilines is 1. The molecular formula is C23H29ClN4O3S3. The number of fused-ring (bicyclic) bond motifs is 1. The highest BCUT2D eigenvalue weighted by molar-refractivity contribution is 7.91. The zero-order valence-electron chi connectivity index (χ0n) is 19.5. The van der Waals surface area contributed by atoms with Crippen LogP contribution in [0.3, 0.4) is 0 Å². The van der Waals surface area contributed by atoms with Gasteiger partial charge in [0, 0.05) is 19.6 Å². The molecule has 1 atom stereocenters. The number of hydrogen-bond donors (Lipinski definition) is 0. The molecule has 1 aliphatic rings. The SMILES string of the molecule is Cc1cccc2sc(N(CCCN(C)C)C(=O)C3CCCN(S(=O)(=O)c4ccc(Cl)s4)C3)nc12. The summed E-state index contributed by atoms with van der Waals surface area (Å²) in [5.41, 5.74) is 1.99. The largest absolute Gasteiger partial charge is 0.309 e. The lowest BCUT2D eigenvalue weighted by Gasteiger charge is -2.33. The van der Waals surface area contributed by atoms with Crippen LogP contribution in [0.25, 0.3) is 10.2 Å². The number of rotatable bonds is 8. The van der Waals surface area contributed by atoms with Crippen LogP contribution < -0.4 is 4.90 Å². The normalized spacial score (nSPS) is 17.5. The van der Waals surface area contributed by atoms with Gasteiger partial charge in [-0.2, -0.15) is 4.31 Å². The Balaban J connectivity index is 1.59. The highest BCUT2D eigenvalue weighted by atomic mass is 35.5. The number of para-hydroxylation sites is 1. The van der Waals surface area contributed by atoms with E-state index in [4.69, 9.17) is 16.6 Å². The Bertz CT molecular complexity index is 1270. The second kappa shape index (κ2) is 10.6. The molecule has 2 aromatic heterocycles. The highest BCUT2D eigenvalue weighted by Crippen LogP contribution is 2.34. The van der Waals surface area contributed by atoms with Crippen molar-refractivity contribution in [3.63, 3.8) is 0 Å². The second-order valence-corrected chi connectivity index (χ2v) is 13.7. The number of aromatic nitrogens is 1. The van der Waals surface area contributed by atoms with Gasteiger partial charge in [0.15, 0.2) is 5.13 Å². The summed E-state index contributed by atoms with van der Waals surface area (Å²) >= 11 is 8.53. The number of thiophene rings is 1. The molecule has 0 aliphatic carbocycles. The quantitative estimate of drug-likeness (QED) is 0.414. The maximum Gasteiger partial charge on any atom is 0.252 e. The van der Waals surface area contributed by atoms with Gasteiger partial charge in [-0.1, -0.05) is 35.1 Å². The van der Waals surface area contributed by atoms with Gasteiger partial charge in [0.05, 0.1) is 20.5 Å². The predicted molar refractivity (Wildman–Crippen MR) is 141 cm³/mol. The summed E-state index contributed by atoms with van der Waals surface area (Å²) in [6.45, 7) is 3.98. The summed E-state index contributed by atoms with van der Waals surface area (Å²) in [6.07, 6.45) is 2.10. The van der Waals surface area contributed by atoms with Gasteiger partial charge >= 0.3 is 0 Å². The number of halogens is 1. The lowest BCUT2D eigenvalue weighted by Crippen LogP contribution is -2.47. The van der Waals surface area contributed by atoms with Crippen LogP contribution in [-0.2, 0) is 14.8 Å². The molecule has 34 heavy (non-hydrogen) atoms. The first-order valence-corrected chi connectivity index (χ1v) is 14.7. The molecule has 7 nitrogen and oxygen atoms in total. The van der Waals surface area contributed by atoms with Crippen molar-refractivity contribution in [2.75, 3.05) is 45.2 Å². The number of sulfonamides is 1. The molecule has 1 fully saturated rings. The minimum absolute atomic E-state index is 0.0559. The third-order valence-corrected chi connectivity index (χ3v) is 10.6. The van der Waals surface area contributed by atoms with Crippen molar-refractivity contribution in [3.05, 3.63) is 40.2 Å². The van der Waals surface area contributed by atoms with Gasteiger partial charge in [-0.3, -0.25) is 9.69 Å². The molecule has 0 saturated carbocycles. The van der Waals surface area contributed by atoms with E-state index in [2.05, 4.69) is 4.90 Å². The number of amides is 1. The van der Waals surface area contributed by atoms with Crippen molar-refractivity contribution in [1.82, 2.24) is 14.2 Å². The van der Waals surface area contributed by atoms with Crippen LogP contribution in [0.2, 0.25) is 4.34 Å². The first-order valence-electron chi connectivity index (χ1n) is 11.2. The van der Waals surface area contributed by atoms with Gasteiger partial charge in [-0.05, 0) is 70.6 Å². The standard InChI is InChI=1S/C23H29ClN4O3S3/c1-16-7-4-9-18-21(16)25-23(32-18)28(14-6-12-26(2)3)22(29)17-8-5-13-27(15-17)34(30,31)20-11-10-19(24)33-20/h4,7,9-11,17H,5-6,8,12-15H2,1-3H3. The lowest BCUT2D eigenvalue weighted by molar-refractivity contribution is -0.123. The van der Waals surface area contributed by atoms with E-state index in [9.17, 15) is 13.2 Å². The molecule has 0 radical (unpaired) electrons. The number of benzene rings is 1. The Morgan fingerprint density at radius 1 is 1.21 bits per heavy atom. The molecule has 1 aliphatic heterocycles. The summed E-state index contributed by atoms with van der Waals surface area (Å²) < 4.78 is 29.4. The number of thiazole rings is 1. The second-order valence-electron chi connectivity index (χ2n) is 8.83. The monoisotopic (exact) mass is 540 g/mol. The van der Waals surface area contributed by atoms with Gasteiger partial charge in [0.1, 0.15) is 4.21 Å². The molecular weight excluding hydrogens is 512 g/mol. The zero-order valence-corrected chi connectivity index (χ0v) is 22.7. The van der Waals surface area contributed by atoms with Gasteiger partial charge < -0.3 is 4.90 Å². The maximum atomic E-state index is 13.8. The summed E-state index contributed by atoms with van der Waals surface area (Å²) in [7, 11) is 0.340. The van der Waals surface area contributed by atoms with Crippen LogP contribution in [0.5, 0.6) is 0 Å². The molecule has 1 unspecified atom stereocenters. The van der Waals surface area contributed by atoms with E-state index >= 15 is 0 Å². The Kier molecular flexibility index (Phi) is 7.95. The molecule has 0 N–H and O–H groups in total. The number of piperidine rings is 1. The summed E-state index contributed by atoms with van der Waals surface area (Å²) in [5, 5.41) is 0.679. The smallest absolute Gasteiger partial charge is 0.252 e. The third kappa shape index (κ3) is 5.47. The highest BCUT2D eigenvalue weighted by Gasteiger charge is 2.36. The molecule has 4 rings (SSSR count). The summed E-state index contributed by atoms with van der Waals surface area (Å²) in [5.74, 6) is -0.467. The van der Waals surface area contributed by atoms with Crippen molar-refractivity contribution in [3.8, 4) is 0 Å². The van der Waals surface area contributed by atoms with Crippen molar-refractivity contribution < 1.29 is 13.2 Å². The molecule has 11 heteroatoms. The number of carbonyl (C=O) groups excluding carboxylic acids is 1. The fourth-order valence-electron chi connectivity index (χ4n) is 4.18. The van der Waals surface area contributed by atoms with E-state index in [1.807, 2.05) is 39.2 Å². The van der Waals surface area contributed by atoms with Crippen molar-refractivity contribution in [2.45, 2.75) is 30.4 Å². The number of aryl methyl sites for hydroxylation is 1. The van der Waals surface area contributed by atoms with Gasteiger partial charge in [0.2, 0.25) is 5.91 Å². The molecule has 1 saturated heterocycles. The minimum Gasteiger partial charge on any atom is -0.309 e. The van der Waals surface area contributed by atoms with Crippen molar-refractivity contribution >= 4 is 65.6 Å². The van der Waals surface area contributed by atoms with Crippen LogP contribution in [-0.4, -0.2) is 68.8 Å². The van der Waals surface area contributed by atoms with Gasteiger partial charge in [-0.15, -0.1) is 11.3 Å². The van der Waals surface area contributed by atoms with Crippen LogP contribution in [0, 0.1) is 12.8 Å². The molecule has 3 heterocycles. The Hall–Kier alpha value is -1.56. The van der Waals surface area contributed by atoms with Crippen LogP contribution in [0.1, 0.15) is 24.8 Å². The maximum absolute atomic E-state index is 13.8. The van der Waals surface area contributed by atoms with Crippen molar-refractivity contribution in [1.29, 1.82) is 0 Å². The number of hydrogen-bond acceptors (Lipinski definition) is 7. The van der Waals surface area contributed by atoms with E-state index in [0.29, 0.717) is 35.4 Å². The summed E-state index contributed by atoms with van der Waals surface area (Å²) in [4.78, 5) is 22.5. The van der Waals surface area contributed by atoms with Gasteiger partial charge in [0.25, 0.3) is 10.0 Å². The first-order chi connectivity index (χ1) is 16.2. The molecule has 184 valence electrons. The average Bonchev–Trinajstić information content (AvgIpc) is 3.44. The third-order valence-electron chi connectivity index (χ3n) is 5.97. The fraction of sp³-hybridized carbons (Fsp3) is 0.478. The number of nitrogens with zero attached hydrogens (tertiary/aromatic N) is 4. The number of carbonyl (C=O) groups is 1.